The van der Waals surface area contributed by atoms with Crippen LogP contribution >= 0.6 is 11.8 Å². The molecule has 3 aromatic heterocycles. The number of hydrogen-bond donors (Lipinski definition) is 1. The van der Waals surface area contributed by atoms with Gasteiger partial charge in [-0.15, -0.1) is 5.10 Å². The molecule has 8 nitrogen and oxygen atoms in total. The van der Waals surface area contributed by atoms with Gasteiger partial charge in [0.1, 0.15) is 16.9 Å². The quantitative estimate of drug-likeness (QED) is 0.470. The van der Waals surface area contributed by atoms with Crippen LogP contribution in [0, 0.1) is 6.92 Å². The van der Waals surface area contributed by atoms with Crippen molar-refractivity contribution in [1.29, 1.82) is 0 Å². The lowest BCUT2D eigenvalue weighted by atomic mass is 10.2. The van der Waals surface area contributed by atoms with Crippen LogP contribution in [0.25, 0.3) is 27.8 Å². The molecule has 5 aromatic rings. The van der Waals surface area contributed by atoms with Gasteiger partial charge in [-0.3, -0.25) is 4.79 Å². The number of para-hydroxylation sites is 2. The molecule has 28 heavy (non-hydrogen) atoms. The van der Waals surface area contributed by atoms with Crippen LogP contribution in [0.15, 0.2) is 62.9 Å². The number of aryl methyl sites for hydroxylation is 1. The molecule has 0 amide bonds. The molecule has 1 N–H and O–H groups in total. The van der Waals surface area contributed by atoms with Gasteiger partial charge in [0.25, 0.3) is 5.56 Å². The molecular formula is C19H14N6O2S. The fourth-order valence-electron chi connectivity index (χ4n) is 3.07. The molecule has 0 saturated carbocycles. The van der Waals surface area contributed by atoms with Crippen molar-refractivity contribution in [2.45, 2.75) is 17.8 Å². The maximum absolute atomic E-state index is 12.4. The molecule has 0 unspecified atom stereocenters. The van der Waals surface area contributed by atoms with E-state index in [1.165, 1.54) is 11.8 Å². The lowest BCUT2D eigenvalue weighted by Crippen LogP contribution is -2.10. The number of hydrogen-bond acceptors (Lipinski definition) is 7. The molecule has 0 fully saturated rings. The number of benzene rings is 2. The summed E-state index contributed by atoms with van der Waals surface area (Å²) < 4.78 is 7.31. The van der Waals surface area contributed by atoms with Crippen LogP contribution in [-0.2, 0) is 5.75 Å². The zero-order valence-electron chi connectivity index (χ0n) is 14.8. The van der Waals surface area contributed by atoms with E-state index in [4.69, 9.17) is 4.42 Å². The molecule has 0 aliphatic carbocycles. The van der Waals surface area contributed by atoms with Gasteiger partial charge in [-0.25, -0.2) is 4.98 Å². The van der Waals surface area contributed by atoms with Crippen LogP contribution in [0.5, 0.6) is 0 Å². The summed E-state index contributed by atoms with van der Waals surface area (Å²) in [5, 5.41) is 13.4. The Balaban J connectivity index is 1.49. The third-order valence-corrected chi connectivity index (χ3v) is 5.33. The number of tetrazole rings is 1. The van der Waals surface area contributed by atoms with Crippen LogP contribution < -0.4 is 5.56 Å². The molecule has 0 aliphatic rings. The Labute approximate surface area is 162 Å². The number of nitrogens with one attached hydrogen (secondary N) is 1. The van der Waals surface area contributed by atoms with Crippen molar-refractivity contribution in [3.8, 4) is 5.69 Å². The van der Waals surface area contributed by atoms with E-state index < -0.39 is 0 Å². The fraction of sp³-hybridized carbons (Fsp3) is 0.105. The van der Waals surface area contributed by atoms with E-state index >= 15 is 0 Å². The van der Waals surface area contributed by atoms with Gasteiger partial charge in [0, 0.05) is 5.39 Å². The van der Waals surface area contributed by atoms with Gasteiger partial charge in [0.15, 0.2) is 0 Å². The second kappa shape index (κ2) is 6.61. The molecule has 0 saturated heterocycles. The number of aromatic nitrogens is 6. The summed E-state index contributed by atoms with van der Waals surface area (Å²) in [6, 6.07) is 15.3. The zero-order valence-corrected chi connectivity index (χ0v) is 15.6. The first-order valence-electron chi connectivity index (χ1n) is 8.58. The van der Waals surface area contributed by atoms with Crippen LogP contribution in [0.4, 0.5) is 0 Å². The first-order valence-corrected chi connectivity index (χ1v) is 9.57. The molecule has 0 spiro atoms. The summed E-state index contributed by atoms with van der Waals surface area (Å²) >= 11 is 1.40. The van der Waals surface area contributed by atoms with Gasteiger partial charge in [-0.2, -0.15) is 4.68 Å². The van der Waals surface area contributed by atoms with Crippen molar-refractivity contribution in [2.24, 2.45) is 0 Å². The summed E-state index contributed by atoms with van der Waals surface area (Å²) in [4.78, 5) is 19.8. The molecule has 9 heteroatoms. The highest BCUT2D eigenvalue weighted by molar-refractivity contribution is 7.98. The average Bonchev–Trinajstić information content (AvgIpc) is 3.32. The number of H-pyrrole nitrogens is 1. The topological polar surface area (TPSA) is 102 Å². The Morgan fingerprint density at radius 2 is 1.96 bits per heavy atom. The Bertz CT molecular complexity index is 1370. The van der Waals surface area contributed by atoms with Gasteiger partial charge in [0.2, 0.25) is 10.7 Å². The lowest BCUT2D eigenvalue weighted by molar-refractivity contribution is 0.660. The second-order valence-electron chi connectivity index (χ2n) is 6.24. The monoisotopic (exact) mass is 390 g/mol. The summed E-state index contributed by atoms with van der Waals surface area (Å²) in [6.07, 6.45) is 0. The van der Waals surface area contributed by atoms with E-state index in [-0.39, 0.29) is 11.1 Å². The van der Waals surface area contributed by atoms with Crippen molar-refractivity contribution in [3.63, 3.8) is 0 Å². The number of thioether (sulfide) groups is 1. The zero-order chi connectivity index (χ0) is 19.1. The molecule has 138 valence electrons. The molecule has 2 aromatic carbocycles. The highest BCUT2D eigenvalue weighted by Gasteiger charge is 2.15. The van der Waals surface area contributed by atoms with E-state index in [1.807, 2.05) is 55.5 Å². The van der Waals surface area contributed by atoms with Crippen LogP contribution in [0.3, 0.4) is 0 Å². The maximum Gasteiger partial charge on any atom is 0.294 e. The first kappa shape index (κ1) is 16.7. The summed E-state index contributed by atoms with van der Waals surface area (Å²) in [7, 11) is 0. The molecule has 0 bridgehead atoms. The predicted octanol–water partition coefficient (Wildman–Crippen LogP) is 3.25. The minimum Gasteiger partial charge on any atom is -0.449 e. The second-order valence-corrected chi connectivity index (χ2v) is 7.18. The number of fused-ring (bicyclic) bond motifs is 3. The Kier molecular flexibility index (Phi) is 3.94. The van der Waals surface area contributed by atoms with Crippen LogP contribution in [-0.4, -0.2) is 30.2 Å². The van der Waals surface area contributed by atoms with Gasteiger partial charge in [-0.1, -0.05) is 42.1 Å². The minimum absolute atomic E-state index is 0.236. The van der Waals surface area contributed by atoms with E-state index in [2.05, 4.69) is 25.5 Å². The molecule has 3 heterocycles. The Morgan fingerprint density at radius 1 is 1.14 bits per heavy atom. The highest BCUT2D eigenvalue weighted by Crippen LogP contribution is 2.26. The average molecular weight is 390 g/mol. The summed E-state index contributed by atoms with van der Waals surface area (Å²) in [6.45, 7) is 2.00. The Morgan fingerprint density at radius 3 is 2.86 bits per heavy atom. The number of nitrogens with zero attached hydrogens (tertiary/aromatic N) is 5. The highest BCUT2D eigenvalue weighted by atomic mass is 32.2. The van der Waals surface area contributed by atoms with Crippen LogP contribution in [0.1, 0.15) is 11.4 Å². The van der Waals surface area contributed by atoms with E-state index in [0.717, 1.165) is 16.6 Å². The van der Waals surface area contributed by atoms with E-state index in [1.54, 1.807) is 4.68 Å². The van der Waals surface area contributed by atoms with Gasteiger partial charge in [0.05, 0.1) is 11.4 Å². The lowest BCUT2D eigenvalue weighted by Gasteiger charge is -2.06. The smallest absolute Gasteiger partial charge is 0.294 e. The van der Waals surface area contributed by atoms with Crippen LogP contribution in [0.2, 0.25) is 0 Å². The normalized spacial score (nSPS) is 11.5. The minimum atomic E-state index is -0.296. The van der Waals surface area contributed by atoms with Crippen molar-refractivity contribution in [2.75, 3.05) is 0 Å². The van der Waals surface area contributed by atoms with Gasteiger partial charge >= 0.3 is 0 Å². The van der Waals surface area contributed by atoms with Gasteiger partial charge < -0.3 is 9.40 Å². The number of furan rings is 1. The molecule has 0 aliphatic heterocycles. The van der Waals surface area contributed by atoms with Crippen molar-refractivity contribution in [1.82, 2.24) is 30.2 Å². The first-order chi connectivity index (χ1) is 13.7. The van der Waals surface area contributed by atoms with E-state index in [0.29, 0.717) is 27.8 Å². The maximum atomic E-state index is 12.4. The number of rotatable bonds is 4. The Hall–Kier alpha value is -3.46. The fourth-order valence-corrected chi connectivity index (χ4v) is 3.82. The van der Waals surface area contributed by atoms with E-state index in [9.17, 15) is 4.79 Å². The summed E-state index contributed by atoms with van der Waals surface area (Å²) in [5.74, 6) is 0.949. The van der Waals surface area contributed by atoms with Crippen molar-refractivity contribution in [3.05, 3.63) is 70.3 Å². The molecule has 0 radical (unpaired) electrons. The standard InChI is InChI=1S/C19H14N6O2S/c1-11-6-2-4-8-13(11)25-19(22-23-24-25)28-10-15-20-16-12-7-3-5-9-14(12)27-17(16)18(26)21-15/h2-9H,10H2,1H3,(H,20,21,26). The van der Waals surface area contributed by atoms with Gasteiger partial charge in [-0.05, 0) is 41.1 Å². The number of aromatic amines is 1. The molecule has 5 rings (SSSR count). The SMILES string of the molecule is Cc1ccccc1-n1nnnc1SCc1nc2c(oc3ccccc32)c(=O)[nH]1. The predicted molar refractivity (Wildman–Crippen MR) is 106 cm³/mol. The largest absolute Gasteiger partial charge is 0.449 e. The van der Waals surface area contributed by atoms with Crippen molar-refractivity contribution >= 4 is 33.8 Å². The molecular weight excluding hydrogens is 376 g/mol. The third-order valence-electron chi connectivity index (χ3n) is 4.40. The summed E-state index contributed by atoms with van der Waals surface area (Å²) in [5.41, 5.74) is 3.12. The molecule has 0 atom stereocenters. The third kappa shape index (κ3) is 2.76. The van der Waals surface area contributed by atoms with Crippen molar-refractivity contribution < 1.29 is 4.42 Å².